The number of fused-ring (bicyclic) bond motifs is 1. The SMILES string of the molecule is CC(O)CNc1cnc2cc(Cl)c(Cl)cc2n1. The predicted octanol–water partition coefficient (Wildman–Crippen LogP) is 2.73. The summed E-state index contributed by atoms with van der Waals surface area (Å²) in [4.78, 5) is 8.53. The highest BCUT2D eigenvalue weighted by molar-refractivity contribution is 6.42. The Kier molecular flexibility index (Phi) is 3.66. The highest BCUT2D eigenvalue weighted by Crippen LogP contribution is 2.26. The van der Waals surface area contributed by atoms with Gasteiger partial charge in [-0.2, -0.15) is 0 Å². The minimum absolute atomic E-state index is 0.418. The Morgan fingerprint density at radius 3 is 2.59 bits per heavy atom. The molecule has 17 heavy (non-hydrogen) atoms. The molecule has 0 spiro atoms. The summed E-state index contributed by atoms with van der Waals surface area (Å²) < 4.78 is 0. The van der Waals surface area contributed by atoms with E-state index < -0.39 is 6.10 Å². The van der Waals surface area contributed by atoms with Gasteiger partial charge in [0.1, 0.15) is 5.82 Å². The maximum absolute atomic E-state index is 9.16. The number of nitrogens with one attached hydrogen (secondary N) is 1. The van der Waals surface area contributed by atoms with Crippen molar-refractivity contribution in [1.82, 2.24) is 9.97 Å². The molecule has 1 aromatic carbocycles. The van der Waals surface area contributed by atoms with Crippen LogP contribution in [-0.4, -0.2) is 27.7 Å². The number of anilines is 1. The van der Waals surface area contributed by atoms with Crippen LogP contribution in [0.1, 0.15) is 6.92 Å². The van der Waals surface area contributed by atoms with Crippen molar-refractivity contribution in [2.45, 2.75) is 13.0 Å². The van der Waals surface area contributed by atoms with Crippen molar-refractivity contribution in [3.05, 3.63) is 28.4 Å². The summed E-state index contributed by atoms with van der Waals surface area (Å²) in [5.74, 6) is 0.594. The quantitative estimate of drug-likeness (QED) is 0.902. The molecule has 0 aliphatic rings. The largest absolute Gasteiger partial charge is 0.392 e. The number of benzene rings is 1. The van der Waals surface area contributed by atoms with Gasteiger partial charge in [-0.3, -0.25) is 4.98 Å². The number of aliphatic hydroxyl groups excluding tert-OH is 1. The molecule has 0 fully saturated rings. The van der Waals surface area contributed by atoms with E-state index in [1.54, 1.807) is 25.3 Å². The normalized spacial score (nSPS) is 12.7. The Morgan fingerprint density at radius 1 is 1.29 bits per heavy atom. The molecule has 0 radical (unpaired) electrons. The van der Waals surface area contributed by atoms with Crippen LogP contribution in [0.3, 0.4) is 0 Å². The van der Waals surface area contributed by atoms with Gasteiger partial charge < -0.3 is 10.4 Å². The molecule has 4 nitrogen and oxygen atoms in total. The molecule has 1 atom stereocenters. The van der Waals surface area contributed by atoms with Crippen LogP contribution in [0.2, 0.25) is 10.0 Å². The maximum Gasteiger partial charge on any atom is 0.145 e. The Bertz CT molecular complexity index is 545. The van der Waals surface area contributed by atoms with Crippen molar-refractivity contribution < 1.29 is 5.11 Å². The minimum atomic E-state index is -0.443. The number of halogens is 2. The summed E-state index contributed by atoms with van der Waals surface area (Å²) in [5, 5.41) is 13.0. The zero-order chi connectivity index (χ0) is 12.4. The summed E-state index contributed by atoms with van der Waals surface area (Å²) in [6.45, 7) is 2.11. The van der Waals surface area contributed by atoms with E-state index in [4.69, 9.17) is 28.3 Å². The molecule has 1 heterocycles. The molecule has 2 aromatic rings. The molecule has 0 amide bonds. The highest BCUT2D eigenvalue weighted by atomic mass is 35.5. The number of nitrogens with zero attached hydrogens (tertiary/aromatic N) is 2. The fourth-order valence-electron chi connectivity index (χ4n) is 1.35. The van der Waals surface area contributed by atoms with E-state index in [1.165, 1.54) is 0 Å². The van der Waals surface area contributed by atoms with Crippen LogP contribution < -0.4 is 5.32 Å². The lowest BCUT2D eigenvalue weighted by molar-refractivity contribution is 0.208. The molecule has 6 heteroatoms. The number of rotatable bonds is 3. The third-order valence-electron chi connectivity index (χ3n) is 2.16. The molecule has 0 aliphatic heterocycles. The van der Waals surface area contributed by atoms with Crippen LogP contribution in [0, 0.1) is 0 Å². The first-order chi connectivity index (χ1) is 8.06. The van der Waals surface area contributed by atoms with Crippen LogP contribution in [0.4, 0.5) is 5.82 Å². The van der Waals surface area contributed by atoms with E-state index in [1.807, 2.05) is 0 Å². The van der Waals surface area contributed by atoms with E-state index in [2.05, 4.69) is 15.3 Å². The molecule has 0 aliphatic carbocycles. The number of aromatic nitrogens is 2. The summed E-state index contributed by atoms with van der Waals surface area (Å²) in [6.07, 6.45) is 1.15. The summed E-state index contributed by atoms with van der Waals surface area (Å²) in [6, 6.07) is 3.34. The second-order valence-electron chi connectivity index (χ2n) is 3.74. The van der Waals surface area contributed by atoms with E-state index in [0.717, 1.165) is 0 Å². The molecular formula is C11H11Cl2N3O. The standard InChI is InChI=1S/C11H11Cl2N3O/c1-6(17)4-15-11-5-14-9-2-7(12)8(13)3-10(9)16-11/h2-3,5-6,17H,4H2,1H3,(H,15,16). The van der Waals surface area contributed by atoms with Crippen molar-refractivity contribution >= 4 is 40.1 Å². The molecule has 0 saturated heterocycles. The molecule has 1 aromatic heterocycles. The van der Waals surface area contributed by atoms with Gasteiger partial charge in [0.15, 0.2) is 0 Å². The first-order valence-electron chi connectivity index (χ1n) is 5.10. The summed E-state index contributed by atoms with van der Waals surface area (Å²) in [7, 11) is 0. The lowest BCUT2D eigenvalue weighted by atomic mass is 10.3. The van der Waals surface area contributed by atoms with Gasteiger partial charge in [0.25, 0.3) is 0 Å². The fraction of sp³-hybridized carbons (Fsp3) is 0.273. The van der Waals surface area contributed by atoms with Crippen molar-refractivity contribution in [3.63, 3.8) is 0 Å². The lowest BCUT2D eigenvalue weighted by Gasteiger charge is -2.08. The first-order valence-corrected chi connectivity index (χ1v) is 5.85. The van der Waals surface area contributed by atoms with Crippen molar-refractivity contribution in [2.75, 3.05) is 11.9 Å². The molecule has 0 bridgehead atoms. The molecule has 0 saturated carbocycles. The molecular weight excluding hydrogens is 261 g/mol. The van der Waals surface area contributed by atoms with Crippen LogP contribution in [0.15, 0.2) is 18.3 Å². The van der Waals surface area contributed by atoms with Crippen LogP contribution in [0.5, 0.6) is 0 Å². The molecule has 2 N–H and O–H groups in total. The first kappa shape index (κ1) is 12.4. The van der Waals surface area contributed by atoms with Gasteiger partial charge in [-0.05, 0) is 19.1 Å². The molecule has 1 unspecified atom stereocenters. The third kappa shape index (κ3) is 2.97. The highest BCUT2D eigenvalue weighted by Gasteiger charge is 2.05. The van der Waals surface area contributed by atoms with Gasteiger partial charge in [-0.1, -0.05) is 23.2 Å². The summed E-state index contributed by atoms with van der Waals surface area (Å²) in [5.41, 5.74) is 1.34. The van der Waals surface area contributed by atoms with Crippen LogP contribution >= 0.6 is 23.2 Å². The van der Waals surface area contributed by atoms with Gasteiger partial charge in [-0.15, -0.1) is 0 Å². The third-order valence-corrected chi connectivity index (χ3v) is 2.89. The minimum Gasteiger partial charge on any atom is -0.392 e. The second kappa shape index (κ2) is 5.04. The van der Waals surface area contributed by atoms with Crippen molar-refractivity contribution in [2.24, 2.45) is 0 Å². The molecule has 90 valence electrons. The Balaban J connectivity index is 2.33. The Hall–Kier alpha value is -1.10. The van der Waals surface area contributed by atoms with Gasteiger partial charge in [0.05, 0.1) is 33.4 Å². The lowest BCUT2D eigenvalue weighted by Crippen LogP contribution is -2.16. The zero-order valence-corrected chi connectivity index (χ0v) is 10.6. The van der Waals surface area contributed by atoms with Gasteiger partial charge in [-0.25, -0.2) is 4.98 Å². The van der Waals surface area contributed by atoms with E-state index in [9.17, 15) is 0 Å². The number of aliphatic hydroxyl groups is 1. The second-order valence-corrected chi connectivity index (χ2v) is 4.55. The van der Waals surface area contributed by atoms with E-state index in [0.29, 0.717) is 33.4 Å². The van der Waals surface area contributed by atoms with Crippen molar-refractivity contribution in [1.29, 1.82) is 0 Å². The van der Waals surface area contributed by atoms with E-state index >= 15 is 0 Å². The fourth-order valence-corrected chi connectivity index (χ4v) is 1.66. The Morgan fingerprint density at radius 2 is 1.94 bits per heavy atom. The van der Waals surface area contributed by atoms with Gasteiger partial charge in [0, 0.05) is 6.54 Å². The summed E-state index contributed by atoms with van der Waals surface area (Å²) >= 11 is 11.8. The van der Waals surface area contributed by atoms with Gasteiger partial charge >= 0.3 is 0 Å². The molecule has 2 rings (SSSR count). The average molecular weight is 272 g/mol. The smallest absolute Gasteiger partial charge is 0.145 e. The van der Waals surface area contributed by atoms with E-state index in [-0.39, 0.29) is 0 Å². The topological polar surface area (TPSA) is 58.0 Å². The zero-order valence-electron chi connectivity index (χ0n) is 9.11. The van der Waals surface area contributed by atoms with Crippen LogP contribution in [0.25, 0.3) is 11.0 Å². The monoisotopic (exact) mass is 271 g/mol. The van der Waals surface area contributed by atoms with Crippen molar-refractivity contribution in [3.8, 4) is 0 Å². The number of hydrogen-bond acceptors (Lipinski definition) is 4. The predicted molar refractivity (Wildman–Crippen MR) is 69.7 cm³/mol. The van der Waals surface area contributed by atoms with Gasteiger partial charge in [0.2, 0.25) is 0 Å². The average Bonchev–Trinajstić information content (AvgIpc) is 2.28. The maximum atomic E-state index is 9.16. The Labute approximate surface area is 109 Å². The number of hydrogen-bond donors (Lipinski definition) is 2. The van der Waals surface area contributed by atoms with Crippen LogP contribution in [-0.2, 0) is 0 Å².